The average molecular weight is 1480 g/mol. The number of benzene rings is 6. The van der Waals surface area contributed by atoms with Crippen molar-refractivity contribution in [2.24, 2.45) is 23.7 Å². The SMILES string of the molecule is CCCCCCCCOc1ccc(-c2c3nc(c(-c4ccc(OCCCCCCCC)cc4)c4ccc([n-]4)c(-c4ccc(OCCCCCCCC)cc4)c4nc(c(-c5ccc(NC(=O)[C@@H](C)NC(=O)c6ccc(N7C[C@@H]8[C@H](C7)[C@@H](/C=C/c7ccccc7)C[C@H]8C)cc6)cc5)c5ccc2[n-]5)C=C4)C=C3)cc1.[Zn+2]. The van der Waals surface area contributed by atoms with E-state index in [2.05, 4.69) is 207 Å². The van der Waals surface area contributed by atoms with Crippen molar-refractivity contribution < 1.29 is 43.3 Å². The third-order valence-electron chi connectivity index (χ3n) is 21.7. The van der Waals surface area contributed by atoms with Crippen LogP contribution in [0.4, 0.5) is 11.4 Å². The maximum absolute atomic E-state index is 14.0. The van der Waals surface area contributed by atoms with Crippen LogP contribution in [0.25, 0.3) is 97.0 Å². The summed E-state index contributed by atoms with van der Waals surface area (Å²) in [5.41, 5.74) is 16.5. The van der Waals surface area contributed by atoms with Crippen molar-refractivity contribution in [1.82, 2.24) is 25.3 Å². The second-order valence-corrected chi connectivity index (χ2v) is 29.5. The zero-order valence-electron chi connectivity index (χ0n) is 63.5. The molecule has 1 saturated carbocycles. The molecular formula is C94H105N7O5Zn. The number of nitrogens with one attached hydrogen (secondary N) is 2. The Morgan fingerprint density at radius 1 is 0.477 bits per heavy atom. The van der Waals surface area contributed by atoms with Gasteiger partial charge in [0.05, 0.1) is 42.6 Å². The molecule has 13 heteroatoms. The van der Waals surface area contributed by atoms with Crippen molar-refractivity contribution in [2.45, 2.75) is 163 Å². The first-order chi connectivity index (χ1) is 52.1. The van der Waals surface area contributed by atoms with Crippen LogP contribution in [0.5, 0.6) is 17.2 Å². The van der Waals surface area contributed by atoms with Crippen LogP contribution in [0.1, 0.15) is 195 Å². The molecule has 1 saturated heterocycles. The monoisotopic (exact) mass is 1480 g/mol. The molecule has 2 amide bonds. The Balaban J connectivity index is 0.0000107. The summed E-state index contributed by atoms with van der Waals surface area (Å²) in [4.78, 5) is 52.6. The Kier molecular flexibility index (Phi) is 27.6. The van der Waals surface area contributed by atoms with Crippen molar-refractivity contribution in [2.75, 3.05) is 43.1 Å². The van der Waals surface area contributed by atoms with Crippen LogP contribution in [0.15, 0.2) is 182 Å². The first-order valence-electron chi connectivity index (χ1n) is 39.6. The van der Waals surface area contributed by atoms with Gasteiger partial charge in [-0.1, -0.05) is 239 Å². The number of unbranched alkanes of at least 4 members (excludes halogenated alkanes) is 15. The van der Waals surface area contributed by atoms with Gasteiger partial charge >= 0.3 is 19.5 Å². The van der Waals surface area contributed by atoms with Crippen molar-refractivity contribution >= 4 is 75.6 Å². The van der Waals surface area contributed by atoms with Gasteiger partial charge in [-0.15, -0.1) is 22.1 Å². The number of fused-ring (bicyclic) bond motifs is 9. The van der Waals surface area contributed by atoms with Gasteiger partial charge in [-0.3, -0.25) is 9.59 Å². The fourth-order valence-electron chi connectivity index (χ4n) is 15.7. The Morgan fingerprint density at radius 2 is 0.860 bits per heavy atom. The van der Waals surface area contributed by atoms with E-state index in [1.54, 1.807) is 6.92 Å². The summed E-state index contributed by atoms with van der Waals surface area (Å²) in [6.07, 6.45) is 35.8. The van der Waals surface area contributed by atoms with Crippen LogP contribution >= 0.6 is 0 Å². The van der Waals surface area contributed by atoms with Crippen molar-refractivity contribution in [3.05, 3.63) is 216 Å². The first kappa shape index (κ1) is 77.1. The topological polar surface area (TPSA) is 143 Å². The Hall–Kier alpha value is -9.58. The van der Waals surface area contributed by atoms with E-state index < -0.39 is 6.04 Å². The zero-order valence-corrected chi connectivity index (χ0v) is 66.5. The molecule has 6 heterocycles. The molecule has 8 bridgehead atoms. The number of ether oxygens (including phenoxy) is 3. The van der Waals surface area contributed by atoms with Crippen molar-refractivity contribution in [3.63, 3.8) is 0 Å². The van der Waals surface area contributed by atoms with Gasteiger partial charge in [0, 0.05) is 30.0 Å². The number of aromatic nitrogens is 4. The summed E-state index contributed by atoms with van der Waals surface area (Å²) in [6.45, 7) is 14.9. The fourth-order valence-corrected chi connectivity index (χ4v) is 15.7. The fraction of sp³-hybridized carbons (Fsp3) is 0.362. The maximum atomic E-state index is 14.0. The number of allylic oxidation sites excluding steroid dienone is 1. The Labute approximate surface area is 647 Å². The standard InChI is InChI=1S/C94H107N7O5.Zn/c1-6-9-12-15-18-24-59-104-76-45-35-69(36-46-76)90-83-53-51-81(97-83)89(68-31-41-74(42-32-68)96-93(102)66(5)95-94(103)72-33-43-75(44-34-72)101-63-79-65(4)62-73(80(79)64-101)30-29-67-27-22-21-23-28-67)82-52-54-84(98-82)91(70-37-47-77(48-38-70)105-60-25-19-16-13-10-7-2)86-56-58-88(100-86)92(87-57-55-85(90)99-87)71-39-49-78(50-40-71)106-61-26-20-17-14-11-8-3;/h21-23,27-58,65-66,73,79-80H,6-20,24-26,59-64H2,1-5H3,(H4,95,96,97,98,99,100,102,103);/q;+2/p-2/b30-29+,89-81?,89-82?,90-83?,90-85?,91-84?,91-86?,92-87?,92-88?;/t65-,66-,73+,79+,80-;/m1./s1. The van der Waals surface area contributed by atoms with Crippen LogP contribution in [0.3, 0.4) is 0 Å². The molecule has 0 unspecified atom stereocenters. The van der Waals surface area contributed by atoms with Gasteiger partial charge in [-0.25, -0.2) is 9.97 Å². The largest absolute Gasteiger partial charge is 2.00 e. The van der Waals surface area contributed by atoms with E-state index in [0.717, 1.165) is 153 Å². The molecule has 9 aromatic rings. The number of carbonyl (C=O) groups excluding carboxylic acids is 2. The molecular weight excluding hydrogens is 1370 g/mol. The molecule has 4 aliphatic rings. The minimum absolute atomic E-state index is 0. The second kappa shape index (κ2) is 38.3. The van der Waals surface area contributed by atoms with Crippen molar-refractivity contribution in [1.29, 1.82) is 0 Å². The number of amides is 2. The third kappa shape index (κ3) is 19.8. The zero-order chi connectivity index (χ0) is 73.0. The van der Waals surface area contributed by atoms with E-state index in [0.29, 0.717) is 66.0 Å². The molecule has 12 nitrogen and oxygen atoms in total. The molecule has 0 radical (unpaired) electrons. The molecule has 2 fully saturated rings. The molecule has 2 N–H and O–H groups in total. The van der Waals surface area contributed by atoms with Crippen LogP contribution < -0.4 is 39.7 Å². The summed E-state index contributed by atoms with van der Waals surface area (Å²) in [7, 11) is 0. The van der Waals surface area contributed by atoms with Crippen LogP contribution in [-0.4, -0.2) is 60.7 Å². The number of carbonyl (C=O) groups is 2. The van der Waals surface area contributed by atoms with E-state index >= 15 is 0 Å². The summed E-state index contributed by atoms with van der Waals surface area (Å²) in [5.74, 6) is 4.21. The average Bonchev–Trinajstić information content (AvgIpc) is 1.63. The summed E-state index contributed by atoms with van der Waals surface area (Å²) in [6, 6.07) is 58.8. The molecule has 3 aliphatic heterocycles. The van der Waals surface area contributed by atoms with Crippen LogP contribution in [0.2, 0.25) is 0 Å². The quantitative estimate of drug-likeness (QED) is 0.0291. The minimum Gasteiger partial charge on any atom is -0.657 e. The normalized spacial score (nSPS) is 16.0. The van der Waals surface area contributed by atoms with E-state index in [9.17, 15) is 9.59 Å². The maximum Gasteiger partial charge on any atom is 2.00 e. The van der Waals surface area contributed by atoms with Gasteiger partial charge in [0.1, 0.15) is 23.3 Å². The molecule has 1 aliphatic carbocycles. The first-order valence-corrected chi connectivity index (χ1v) is 39.6. The van der Waals surface area contributed by atoms with Gasteiger partial charge in [-0.05, 0) is 203 Å². The van der Waals surface area contributed by atoms with Crippen LogP contribution in [-0.2, 0) is 24.3 Å². The number of rotatable bonds is 35. The summed E-state index contributed by atoms with van der Waals surface area (Å²) < 4.78 is 19.0. The summed E-state index contributed by atoms with van der Waals surface area (Å²) >= 11 is 0. The van der Waals surface area contributed by atoms with Gasteiger partial charge in [0.15, 0.2) is 0 Å². The van der Waals surface area contributed by atoms with Crippen molar-refractivity contribution in [3.8, 4) is 61.8 Å². The number of hydrogen-bond acceptors (Lipinski definition) is 8. The molecule has 5 atom stereocenters. The van der Waals surface area contributed by atoms with Crippen LogP contribution in [0, 0.1) is 23.7 Å². The number of anilines is 2. The van der Waals surface area contributed by atoms with E-state index in [4.69, 9.17) is 34.1 Å². The smallest absolute Gasteiger partial charge is 0.657 e. The van der Waals surface area contributed by atoms with E-state index in [1.165, 1.54) is 89.0 Å². The number of hydrogen-bond donors (Lipinski definition) is 2. The predicted molar refractivity (Wildman–Crippen MR) is 439 cm³/mol. The number of nitrogens with zero attached hydrogens (tertiary/aromatic N) is 5. The molecule has 3 aromatic heterocycles. The molecule has 0 spiro atoms. The Bertz CT molecular complexity index is 4600. The van der Waals surface area contributed by atoms with Gasteiger partial charge < -0.3 is 39.7 Å². The van der Waals surface area contributed by atoms with E-state index in [-0.39, 0.29) is 31.3 Å². The molecule has 13 rings (SSSR count). The molecule has 6 aromatic carbocycles. The second-order valence-electron chi connectivity index (χ2n) is 29.5. The summed E-state index contributed by atoms with van der Waals surface area (Å²) in [5, 5.41) is 6.05. The molecule has 548 valence electrons. The predicted octanol–water partition coefficient (Wildman–Crippen LogP) is 23.0. The van der Waals surface area contributed by atoms with E-state index in [1.807, 2.05) is 48.5 Å². The molecule has 107 heavy (non-hydrogen) atoms. The van der Waals surface area contributed by atoms with Gasteiger partial charge in [-0.2, -0.15) is 0 Å². The van der Waals surface area contributed by atoms with Gasteiger partial charge in [0.25, 0.3) is 5.91 Å². The van der Waals surface area contributed by atoms with Gasteiger partial charge in [0.2, 0.25) is 5.91 Å². The minimum atomic E-state index is -0.830. The Morgan fingerprint density at radius 3 is 1.27 bits per heavy atom. The third-order valence-corrected chi connectivity index (χ3v) is 21.7.